The van der Waals surface area contributed by atoms with Crippen molar-refractivity contribution in [2.24, 2.45) is 0 Å². The Labute approximate surface area is 114 Å². The van der Waals surface area contributed by atoms with Gasteiger partial charge in [0.05, 0.1) is 31.4 Å². The van der Waals surface area contributed by atoms with E-state index in [4.69, 9.17) is 15.2 Å². The third-order valence-corrected chi connectivity index (χ3v) is 3.25. The Bertz CT molecular complexity index is 554. The number of hydrogen-bond acceptors (Lipinski definition) is 4. The van der Waals surface area contributed by atoms with Gasteiger partial charge in [-0.2, -0.15) is 5.10 Å². The topological polar surface area (TPSA) is 62.3 Å². The molecule has 0 aliphatic rings. The third kappa shape index (κ3) is 2.28. The summed E-state index contributed by atoms with van der Waals surface area (Å²) in [6.07, 6.45) is 1.67. The van der Waals surface area contributed by atoms with Crippen molar-refractivity contribution in [1.82, 2.24) is 9.78 Å². The van der Waals surface area contributed by atoms with E-state index < -0.39 is 0 Å². The zero-order chi connectivity index (χ0) is 13.1. The normalized spacial score (nSPS) is 10.4. The quantitative estimate of drug-likeness (QED) is 0.941. The van der Waals surface area contributed by atoms with E-state index in [1.54, 1.807) is 25.1 Å². The zero-order valence-corrected chi connectivity index (χ0v) is 11.8. The van der Waals surface area contributed by atoms with Crippen LogP contribution in [0, 0.1) is 0 Å². The Hall–Kier alpha value is -1.69. The van der Waals surface area contributed by atoms with Crippen LogP contribution in [0.3, 0.4) is 0 Å². The summed E-state index contributed by atoms with van der Waals surface area (Å²) in [4.78, 5) is 0. The van der Waals surface area contributed by atoms with Crippen molar-refractivity contribution in [2.45, 2.75) is 6.54 Å². The summed E-state index contributed by atoms with van der Waals surface area (Å²) < 4.78 is 13.1. The number of hydrogen-bond donors (Lipinski definition) is 1. The van der Waals surface area contributed by atoms with Gasteiger partial charge in [-0.1, -0.05) is 12.1 Å². The third-order valence-electron chi connectivity index (χ3n) is 2.64. The Balaban J connectivity index is 2.37. The van der Waals surface area contributed by atoms with Crippen molar-refractivity contribution in [3.63, 3.8) is 0 Å². The molecule has 2 rings (SSSR count). The van der Waals surface area contributed by atoms with Crippen LogP contribution in [0.5, 0.6) is 11.5 Å². The number of rotatable bonds is 4. The Morgan fingerprint density at radius 3 is 2.67 bits per heavy atom. The molecular weight excluding hydrogens is 298 g/mol. The molecule has 2 N–H and O–H groups in total. The number of para-hydroxylation sites is 1. The molecule has 0 saturated carbocycles. The number of nitrogen functional groups attached to an aromatic ring is 1. The second kappa shape index (κ2) is 5.30. The number of methoxy groups -OCH3 is 2. The van der Waals surface area contributed by atoms with Gasteiger partial charge in [0.2, 0.25) is 0 Å². The minimum Gasteiger partial charge on any atom is -0.493 e. The maximum atomic E-state index is 5.89. The number of ether oxygens (including phenoxy) is 2. The maximum Gasteiger partial charge on any atom is 0.165 e. The van der Waals surface area contributed by atoms with Gasteiger partial charge in [-0.25, -0.2) is 4.68 Å². The first kappa shape index (κ1) is 12.8. The van der Waals surface area contributed by atoms with Crippen LogP contribution in [0.15, 0.2) is 28.9 Å². The molecule has 5 nitrogen and oxygen atoms in total. The molecule has 0 spiro atoms. The lowest BCUT2D eigenvalue weighted by molar-refractivity contribution is 0.350. The first-order valence-corrected chi connectivity index (χ1v) is 6.13. The summed E-state index contributed by atoms with van der Waals surface area (Å²) in [6.45, 7) is 0.526. The SMILES string of the molecule is COc1cccc(Cn2ncc(Br)c2N)c1OC. The highest BCUT2D eigenvalue weighted by atomic mass is 79.9. The highest BCUT2D eigenvalue weighted by molar-refractivity contribution is 9.10. The first-order chi connectivity index (χ1) is 8.67. The van der Waals surface area contributed by atoms with Gasteiger partial charge in [0.1, 0.15) is 5.82 Å². The highest BCUT2D eigenvalue weighted by Crippen LogP contribution is 2.31. The van der Waals surface area contributed by atoms with Gasteiger partial charge < -0.3 is 15.2 Å². The second-order valence-electron chi connectivity index (χ2n) is 3.69. The Kier molecular flexibility index (Phi) is 3.76. The minimum absolute atomic E-state index is 0.526. The van der Waals surface area contributed by atoms with Crippen LogP contribution in [0.25, 0.3) is 0 Å². The van der Waals surface area contributed by atoms with Crippen LogP contribution in [0.1, 0.15) is 5.56 Å². The number of nitrogens with two attached hydrogens (primary N) is 1. The molecule has 0 unspecified atom stereocenters. The van der Waals surface area contributed by atoms with Crippen LogP contribution in [0.2, 0.25) is 0 Å². The van der Waals surface area contributed by atoms with E-state index in [1.807, 2.05) is 18.2 Å². The molecule has 0 bridgehead atoms. The van der Waals surface area contributed by atoms with E-state index in [9.17, 15) is 0 Å². The van der Waals surface area contributed by atoms with Crippen molar-refractivity contribution >= 4 is 21.7 Å². The Morgan fingerprint density at radius 2 is 2.11 bits per heavy atom. The van der Waals surface area contributed by atoms with Crippen LogP contribution in [0.4, 0.5) is 5.82 Å². The first-order valence-electron chi connectivity index (χ1n) is 5.34. The number of halogens is 1. The second-order valence-corrected chi connectivity index (χ2v) is 4.54. The molecule has 0 radical (unpaired) electrons. The fourth-order valence-corrected chi connectivity index (χ4v) is 2.03. The summed E-state index contributed by atoms with van der Waals surface area (Å²) >= 11 is 3.33. The molecule has 96 valence electrons. The van der Waals surface area contributed by atoms with Crippen molar-refractivity contribution in [3.8, 4) is 11.5 Å². The van der Waals surface area contributed by atoms with Gasteiger partial charge in [-0.15, -0.1) is 0 Å². The van der Waals surface area contributed by atoms with Gasteiger partial charge in [0.15, 0.2) is 11.5 Å². The lowest BCUT2D eigenvalue weighted by Crippen LogP contribution is -2.07. The standard InChI is InChI=1S/C12H14BrN3O2/c1-17-10-5-3-4-8(11(10)18-2)7-16-12(14)9(13)6-15-16/h3-6H,7,14H2,1-2H3. The molecule has 0 fully saturated rings. The van der Waals surface area contributed by atoms with Crippen molar-refractivity contribution < 1.29 is 9.47 Å². The summed E-state index contributed by atoms with van der Waals surface area (Å²) in [5.41, 5.74) is 6.85. The molecule has 0 atom stereocenters. The molecule has 0 aliphatic carbocycles. The lowest BCUT2D eigenvalue weighted by Gasteiger charge is -2.13. The van der Waals surface area contributed by atoms with Crippen LogP contribution in [-0.2, 0) is 6.54 Å². The zero-order valence-electron chi connectivity index (χ0n) is 10.2. The van der Waals surface area contributed by atoms with Gasteiger partial charge >= 0.3 is 0 Å². The molecule has 6 heteroatoms. The number of nitrogens with zero attached hydrogens (tertiary/aromatic N) is 2. The fraction of sp³-hybridized carbons (Fsp3) is 0.250. The predicted octanol–water partition coefficient (Wildman–Crippen LogP) is 2.29. The molecule has 1 aromatic carbocycles. The maximum absolute atomic E-state index is 5.89. The van der Waals surface area contributed by atoms with Crippen LogP contribution in [-0.4, -0.2) is 24.0 Å². The van der Waals surface area contributed by atoms with E-state index in [-0.39, 0.29) is 0 Å². The van der Waals surface area contributed by atoms with Gasteiger partial charge in [-0.05, 0) is 22.0 Å². The van der Waals surface area contributed by atoms with E-state index in [2.05, 4.69) is 21.0 Å². The van der Waals surface area contributed by atoms with E-state index in [0.717, 1.165) is 10.0 Å². The predicted molar refractivity (Wildman–Crippen MR) is 73.0 cm³/mol. The molecule has 0 saturated heterocycles. The van der Waals surface area contributed by atoms with E-state index in [1.165, 1.54) is 0 Å². The van der Waals surface area contributed by atoms with Crippen molar-refractivity contribution in [1.29, 1.82) is 0 Å². The van der Waals surface area contributed by atoms with E-state index in [0.29, 0.717) is 23.9 Å². The number of benzene rings is 1. The highest BCUT2D eigenvalue weighted by Gasteiger charge is 2.12. The Morgan fingerprint density at radius 1 is 1.33 bits per heavy atom. The summed E-state index contributed by atoms with van der Waals surface area (Å²) in [7, 11) is 3.23. The number of aromatic nitrogens is 2. The van der Waals surface area contributed by atoms with Crippen molar-refractivity contribution in [3.05, 3.63) is 34.4 Å². The smallest absolute Gasteiger partial charge is 0.165 e. The molecule has 18 heavy (non-hydrogen) atoms. The van der Waals surface area contributed by atoms with Gasteiger partial charge in [0, 0.05) is 5.56 Å². The van der Waals surface area contributed by atoms with E-state index >= 15 is 0 Å². The van der Waals surface area contributed by atoms with Crippen LogP contribution < -0.4 is 15.2 Å². The van der Waals surface area contributed by atoms with Crippen molar-refractivity contribution in [2.75, 3.05) is 20.0 Å². The fourth-order valence-electron chi connectivity index (χ4n) is 1.74. The monoisotopic (exact) mass is 311 g/mol. The average molecular weight is 312 g/mol. The van der Waals surface area contributed by atoms with Gasteiger partial charge in [0.25, 0.3) is 0 Å². The molecule has 1 aromatic heterocycles. The lowest BCUT2D eigenvalue weighted by atomic mass is 10.2. The summed E-state index contributed by atoms with van der Waals surface area (Å²) in [5, 5.41) is 4.19. The molecule has 2 aromatic rings. The summed E-state index contributed by atoms with van der Waals surface area (Å²) in [5.74, 6) is 1.98. The molecule has 0 amide bonds. The summed E-state index contributed by atoms with van der Waals surface area (Å²) in [6, 6.07) is 5.71. The van der Waals surface area contributed by atoms with Crippen LogP contribution >= 0.6 is 15.9 Å². The number of anilines is 1. The van der Waals surface area contributed by atoms with Gasteiger partial charge in [-0.3, -0.25) is 0 Å². The minimum atomic E-state index is 0.526. The largest absolute Gasteiger partial charge is 0.493 e. The molecule has 0 aliphatic heterocycles. The average Bonchev–Trinajstić information content (AvgIpc) is 2.70. The molecule has 1 heterocycles. The molecular formula is C12H14BrN3O2.